The van der Waals surface area contributed by atoms with Crippen molar-refractivity contribution in [3.63, 3.8) is 0 Å². The first-order chi connectivity index (χ1) is 8.22. The van der Waals surface area contributed by atoms with Crippen LogP contribution in [0.4, 0.5) is 0 Å². The molecule has 90 valence electrons. The van der Waals surface area contributed by atoms with E-state index in [9.17, 15) is 0 Å². The number of hydrogen-bond donors (Lipinski definition) is 1. The van der Waals surface area contributed by atoms with E-state index in [2.05, 4.69) is 11.4 Å². The first-order valence-corrected chi connectivity index (χ1v) is 6.55. The Hall–Kier alpha value is -0.900. The van der Waals surface area contributed by atoms with Crippen LogP contribution in [-0.2, 0) is 6.54 Å². The number of hydrogen-bond acceptors (Lipinski definition) is 3. The van der Waals surface area contributed by atoms with Crippen LogP contribution < -0.4 is 5.32 Å². The standard InChI is InChI=1S/C13H14ClNOS/c1-9-12(6-7-16-9)17-13-10(8-15-2)4-3-5-11(13)14/h3-7,15H,8H2,1-2H3. The number of halogens is 1. The summed E-state index contributed by atoms with van der Waals surface area (Å²) in [5.74, 6) is 0.922. The van der Waals surface area contributed by atoms with Gasteiger partial charge in [-0.1, -0.05) is 35.5 Å². The average molecular weight is 268 g/mol. The van der Waals surface area contributed by atoms with Crippen molar-refractivity contribution in [2.75, 3.05) is 7.05 Å². The van der Waals surface area contributed by atoms with E-state index < -0.39 is 0 Å². The molecule has 2 rings (SSSR count). The van der Waals surface area contributed by atoms with Crippen molar-refractivity contribution in [1.29, 1.82) is 0 Å². The highest BCUT2D eigenvalue weighted by molar-refractivity contribution is 7.99. The minimum Gasteiger partial charge on any atom is -0.468 e. The van der Waals surface area contributed by atoms with Gasteiger partial charge in [-0.15, -0.1) is 0 Å². The minimum absolute atomic E-state index is 0.781. The van der Waals surface area contributed by atoms with Gasteiger partial charge in [-0.25, -0.2) is 0 Å². The van der Waals surface area contributed by atoms with Gasteiger partial charge in [0.2, 0.25) is 0 Å². The summed E-state index contributed by atoms with van der Waals surface area (Å²) < 4.78 is 5.30. The third-order valence-electron chi connectivity index (χ3n) is 2.44. The van der Waals surface area contributed by atoms with Gasteiger partial charge in [0.25, 0.3) is 0 Å². The summed E-state index contributed by atoms with van der Waals surface area (Å²) in [6, 6.07) is 7.94. The normalized spacial score (nSPS) is 10.8. The van der Waals surface area contributed by atoms with Crippen molar-refractivity contribution in [2.45, 2.75) is 23.3 Å². The van der Waals surface area contributed by atoms with Gasteiger partial charge < -0.3 is 9.73 Å². The van der Waals surface area contributed by atoms with E-state index in [1.807, 2.05) is 32.2 Å². The Morgan fingerprint density at radius 2 is 2.18 bits per heavy atom. The van der Waals surface area contributed by atoms with Gasteiger partial charge in [-0.05, 0) is 31.7 Å². The second-order valence-corrected chi connectivity index (χ2v) is 5.16. The van der Waals surface area contributed by atoms with Crippen LogP contribution in [0.15, 0.2) is 44.7 Å². The van der Waals surface area contributed by atoms with Crippen LogP contribution in [0.3, 0.4) is 0 Å². The Balaban J connectivity index is 2.34. The number of furan rings is 1. The molecule has 0 bridgehead atoms. The molecule has 17 heavy (non-hydrogen) atoms. The van der Waals surface area contributed by atoms with E-state index in [1.165, 1.54) is 5.56 Å². The van der Waals surface area contributed by atoms with Gasteiger partial charge in [-0.3, -0.25) is 0 Å². The van der Waals surface area contributed by atoms with Crippen molar-refractivity contribution < 1.29 is 4.42 Å². The molecule has 0 amide bonds. The highest BCUT2D eigenvalue weighted by Gasteiger charge is 2.11. The lowest BCUT2D eigenvalue weighted by Crippen LogP contribution is -2.06. The van der Waals surface area contributed by atoms with E-state index in [1.54, 1.807) is 18.0 Å². The predicted octanol–water partition coefficient (Wildman–Crippen LogP) is 4.11. The maximum Gasteiger partial charge on any atom is 0.114 e. The van der Waals surface area contributed by atoms with Crippen LogP contribution in [0.2, 0.25) is 5.02 Å². The topological polar surface area (TPSA) is 25.2 Å². The van der Waals surface area contributed by atoms with E-state index in [0.717, 1.165) is 27.1 Å². The largest absolute Gasteiger partial charge is 0.468 e. The van der Waals surface area contributed by atoms with Gasteiger partial charge in [0.1, 0.15) is 5.76 Å². The molecule has 0 fully saturated rings. The zero-order valence-electron chi connectivity index (χ0n) is 9.79. The van der Waals surface area contributed by atoms with Crippen LogP contribution in [-0.4, -0.2) is 7.05 Å². The third-order valence-corrected chi connectivity index (χ3v) is 4.20. The highest BCUT2D eigenvalue weighted by Crippen LogP contribution is 2.37. The monoisotopic (exact) mass is 267 g/mol. The van der Waals surface area contributed by atoms with E-state index in [0.29, 0.717) is 0 Å². The molecule has 2 nitrogen and oxygen atoms in total. The van der Waals surface area contributed by atoms with Gasteiger partial charge in [-0.2, -0.15) is 0 Å². The Kier molecular flexibility index (Phi) is 4.15. The Morgan fingerprint density at radius 3 is 2.82 bits per heavy atom. The molecule has 0 saturated heterocycles. The average Bonchev–Trinajstić information content (AvgIpc) is 2.70. The molecule has 0 aliphatic heterocycles. The summed E-state index contributed by atoms with van der Waals surface area (Å²) in [6.45, 7) is 2.76. The van der Waals surface area contributed by atoms with Crippen LogP contribution in [0.1, 0.15) is 11.3 Å². The van der Waals surface area contributed by atoms with E-state index in [4.69, 9.17) is 16.0 Å². The third kappa shape index (κ3) is 2.86. The molecule has 0 saturated carbocycles. The molecular formula is C13H14ClNOS. The fourth-order valence-corrected chi connectivity index (χ4v) is 2.87. The lowest BCUT2D eigenvalue weighted by Gasteiger charge is -2.10. The molecule has 0 spiro atoms. The minimum atomic E-state index is 0.781. The summed E-state index contributed by atoms with van der Waals surface area (Å²) in [6.07, 6.45) is 1.70. The van der Waals surface area contributed by atoms with E-state index >= 15 is 0 Å². The molecule has 0 radical (unpaired) electrons. The number of benzene rings is 1. The molecule has 1 aromatic heterocycles. The summed E-state index contributed by atoms with van der Waals surface area (Å²) in [5, 5.41) is 3.93. The Bertz CT molecular complexity index is 510. The summed E-state index contributed by atoms with van der Waals surface area (Å²) >= 11 is 7.90. The smallest absolute Gasteiger partial charge is 0.114 e. The fourth-order valence-electron chi connectivity index (χ4n) is 1.59. The van der Waals surface area contributed by atoms with Crippen molar-refractivity contribution in [1.82, 2.24) is 5.32 Å². The maximum absolute atomic E-state index is 6.26. The molecule has 0 aliphatic carbocycles. The highest BCUT2D eigenvalue weighted by atomic mass is 35.5. The molecule has 1 aromatic carbocycles. The van der Waals surface area contributed by atoms with Crippen LogP contribution in [0.25, 0.3) is 0 Å². The lowest BCUT2D eigenvalue weighted by atomic mass is 10.2. The van der Waals surface area contributed by atoms with Gasteiger partial charge in [0.05, 0.1) is 16.2 Å². The molecule has 1 N–H and O–H groups in total. The van der Waals surface area contributed by atoms with Crippen molar-refractivity contribution in [2.24, 2.45) is 0 Å². The Labute approximate surface area is 110 Å². The van der Waals surface area contributed by atoms with Crippen LogP contribution in [0, 0.1) is 6.92 Å². The van der Waals surface area contributed by atoms with Gasteiger partial charge >= 0.3 is 0 Å². The van der Waals surface area contributed by atoms with Crippen LogP contribution in [0.5, 0.6) is 0 Å². The zero-order valence-corrected chi connectivity index (χ0v) is 11.4. The van der Waals surface area contributed by atoms with Gasteiger partial charge in [0, 0.05) is 11.4 Å². The predicted molar refractivity (Wildman–Crippen MR) is 71.8 cm³/mol. The van der Waals surface area contributed by atoms with E-state index in [-0.39, 0.29) is 0 Å². The number of aryl methyl sites for hydroxylation is 1. The quantitative estimate of drug-likeness (QED) is 0.902. The Morgan fingerprint density at radius 1 is 1.35 bits per heavy atom. The molecule has 0 atom stereocenters. The SMILES string of the molecule is CNCc1cccc(Cl)c1Sc1ccoc1C. The molecule has 4 heteroatoms. The second kappa shape index (κ2) is 5.63. The first kappa shape index (κ1) is 12.6. The number of rotatable bonds is 4. The molecular weight excluding hydrogens is 254 g/mol. The lowest BCUT2D eigenvalue weighted by molar-refractivity contribution is 0.527. The maximum atomic E-state index is 6.26. The summed E-state index contributed by atoms with van der Waals surface area (Å²) in [5.41, 5.74) is 1.20. The fraction of sp³-hybridized carbons (Fsp3) is 0.231. The molecule has 1 heterocycles. The van der Waals surface area contributed by atoms with Crippen LogP contribution >= 0.6 is 23.4 Å². The van der Waals surface area contributed by atoms with Gasteiger partial charge in [0.15, 0.2) is 0 Å². The summed E-state index contributed by atoms with van der Waals surface area (Å²) in [7, 11) is 1.93. The van der Waals surface area contributed by atoms with Crippen molar-refractivity contribution in [3.05, 3.63) is 46.9 Å². The van der Waals surface area contributed by atoms with Crippen molar-refractivity contribution in [3.8, 4) is 0 Å². The molecule has 0 aliphatic rings. The summed E-state index contributed by atoms with van der Waals surface area (Å²) in [4.78, 5) is 2.20. The van der Waals surface area contributed by atoms with Crippen molar-refractivity contribution >= 4 is 23.4 Å². The number of nitrogens with one attached hydrogen (secondary N) is 1. The zero-order chi connectivity index (χ0) is 12.3. The molecule has 2 aromatic rings. The molecule has 0 unspecified atom stereocenters. The first-order valence-electron chi connectivity index (χ1n) is 5.36. The second-order valence-electron chi connectivity index (χ2n) is 3.70.